The molecule has 0 aliphatic rings. The van der Waals surface area contributed by atoms with Crippen LogP contribution in [0.2, 0.25) is 5.02 Å². The lowest BCUT2D eigenvalue weighted by Crippen LogP contribution is -2.25. The van der Waals surface area contributed by atoms with Crippen LogP contribution < -0.4 is 10.6 Å². The summed E-state index contributed by atoms with van der Waals surface area (Å²) in [6.45, 7) is 3.62. The van der Waals surface area contributed by atoms with Gasteiger partial charge in [0, 0.05) is 10.7 Å². The van der Waals surface area contributed by atoms with Crippen LogP contribution in [-0.4, -0.2) is 22.8 Å². The molecule has 7 heteroatoms. The minimum atomic E-state index is -0.602. The van der Waals surface area contributed by atoms with Crippen molar-refractivity contribution in [2.24, 2.45) is 0 Å². The fraction of sp³-hybridized carbons (Fsp3) is 0.222. The predicted molar refractivity (Wildman–Crippen MR) is 102 cm³/mol. The van der Waals surface area contributed by atoms with Gasteiger partial charge in [0.05, 0.1) is 16.7 Å². The van der Waals surface area contributed by atoms with Crippen LogP contribution in [0.15, 0.2) is 42.5 Å². The van der Waals surface area contributed by atoms with Gasteiger partial charge in [-0.15, -0.1) is 11.8 Å². The van der Waals surface area contributed by atoms with Crippen LogP contribution in [0.5, 0.6) is 0 Å². The first-order valence-electron chi connectivity index (χ1n) is 7.59. The average Bonchev–Trinajstić information content (AvgIpc) is 2.57. The standard InChI is InChI=1S/C18H18ClFN2O2S/c1-11-3-6-14(7-4-11)21-17(23)10-25-12(2)18(24)22-16-8-5-13(19)9-15(16)20/h3-9,12H,10H2,1-2H3,(H,21,23)(H,22,24)/t12-/m0/s1. The van der Waals surface area contributed by atoms with Gasteiger partial charge >= 0.3 is 0 Å². The number of carbonyl (C=O) groups is 2. The van der Waals surface area contributed by atoms with Gasteiger partial charge < -0.3 is 10.6 Å². The maximum Gasteiger partial charge on any atom is 0.237 e. The minimum Gasteiger partial charge on any atom is -0.325 e. The molecule has 25 heavy (non-hydrogen) atoms. The number of amides is 2. The van der Waals surface area contributed by atoms with Gasteiger partial charge in [-0.25, -0.2) is 4.39 Å². The quantitative estimate of drug-likeness (QED) is 0.776. The molecule has 0 radical (unpaired) electrons. The van der Waals surface area contributed by atoms with Crippen molar-refractivity contribution in [3.63, 3.8) is 0 Å². The molecular weight excluding hydrogens is 363 g/mol. The molecule has 0 unspecified atom stereocenters. The lowest BCUT2D eigenvalue weighted by atomic mass is 10.2. The molecule has 2 amide bonds. The second-order valence-corrected chi connectivity index (χ2v) is 7.25. The monoisotopic (exact) mass is 380 g/mol. The van der Waals surface area contributed by atoms with Crippen molar-refractivity contribution >= 4 is 46.6 Å². The van der Waals surface area contributed by atoms with E-state index in [4.69, 9.17) is 11.6 Å². The summed E-state index contributed by atoms with van der Waals surface area (Å²) in [5.41, 5.74) is 1.87. The van der Waals surface area contributed by atoms with Crippen LogP contribution in [0.1, 0.15) is 12.5 Å². The number of thioether (sulfide) groups is 1. The molecule has 2 aromatic carbocycles. The van der Waals surface area contributed by atoms with E-state index in [1.165, 1.54) is 23.9 Å². The Morgan fingerprint density at radius 2 is 1.84 bits per heavy atom. The highest BCUT2D eigenvalue weighted by atomic mass is 35.5. The van der Waals surface area contributed by atoms with E-state index in [9.17, 15) is 14.0 Å². The topological polar surface area (TPSA) is 58.2 Å². The van der Waals surface area contributed by atoms with Crippen LogP contribution in [0.25, 0.3) is 0 Å². The first-order valence-corrected chi connectivity index (χ1v) is 9.02. The summed E-state index contributed by atoms with van der Waals surface area (Å²) in [4.78, 5) is 24.0. The SMILES string of the molecule is Cc1ccc(NC(=O)CS[C@@H](C)C(=O)Nc2ccc(Cl)cc2F)cc1. The summed E-state index contributed by atoms with van der Waals surface area (Å²) in [6, 6.07) is 11.5. The second-order valence-electron chi connectivity index (χ2n) is 5.48. The highest BCUT2D eigenvalue weighted by molar-refractivity contribution is 8.01. The molecule has 0 saturated carbocycles. The summed E-state index contributed by atoms with van der Waals surface area (Å²) in [7, 11) is 0. The van der Waals surface area contributed by atoms with Crippen molar-refractivity contribution < 1.29 is 14.0 Å². The summed E-state index contributed by atoms with van der Waals surface area (Å²) in [5, 5.41) is 4.99. The van der Waals surface area contributed by atoms with Crippen molar-refractivity contribution in [3.05, 3.63) is 58.9 Å². The van der Waals surface area contributed by atoms with Crippen molar-refractivity contribution in [1.29, 1.82) is 0 Å². The lowest BCUT2D eigenvalue weighted by Gasteiger charge is -2.13. The van der Waals surface area contributed by atoms with Gasteiger partial charge in [-0.3, -0.25) is 9.59 Å². The van der Waals surface area contributed by atoms with Gasteiger partial charge in [-0.1, -0.05) is 29.3 Å². The lowest BCUT2D eigenvalue weighted by molar-refractivity contribution is -0.115. The third-order valence-corrected chi connectivity index (χ3v) is 4.74. The maximum atomic E-state index is 13.7. The van der Waals surface area contributed by atoms with Gasteiger partial charge in [0.1, 0.15) is 5.82 Å². The largest absolute Gasteiger partial charge is 0.325 e. The molecule has 0 aliphatic carbocycles. The van der Waals surface area contributed by atoms with Crippen LogP contribution >= 0.6 is 23.4 Å². The number of halogens is 2. The normalized spacial score (nSPS) is 11.7. The van der Waals surface area contributed by atoms with Gasteiger partial charge in [0.2, 0.25) is 11.8 Å². The van der Waals surface area contributed by atoms with Crippen LogP contribution in [0, 0.1) is 12.7 Å². The number of hydrogen-bond acceptors (Lipinski definition) is 3. The number of anilines is 2. The summed E-state index contributed by atoms with van der Waals surface area (Å²) < 4.78 is 13.7. The summed E-state index contributed by atoms with van der Waals surface area (Å²) >= 11 is 6.85. The maximum absolute atomic E-state index is 13.7. The Kier molecular flexibility index (Phi) is 6.84. The van der Waals surface area contributed by atoms with E-state index in [-0.39, 0.29) is 28.3 Å². The van der Waals surface area contributed by atoms with Crippen molar-refractivity contribution in [3.8, 4) is 0 Å². The Morgan fingerprint density at radius 3 is 2.48 bits per heavy atom. The second kappa shape index (κ2) is 8.87. The molecule has 0 fully saturated rings. The summed E-state index contributed by atoms with van der Waals surface area (Å²) in [6.07, 6.45) is 0. The molecule has 1 atom stereocenters. The molecule has 132 valence electrons. The Morgan fingerprint density at radius 1 is 1.16 bits per heavy atom. The molecule has 0 bridgehead atoms. The highest BCUT2D eigenvalue weighted by Gasteiger charge is 2.17. The molecule has 2 N–H and O–H groups in total. The van der Waals surface area contributed by atoms with Gasteiger partial charge in [0.15, 0.2) is 0 Å². The molecule has 0 heterocycles. The van der Waals surface area contributed by atoms with E-state index in [1.54, 1.807) is 6.92 Å². The zero-order valence-electron chi connectivity index (χ0n) is 13.8. The number of rotatable bonds is 6. The van der Waals surface area contributed by atoms with E-state index < -0.39 is 11.1 Å². The third kappa shape index (κ3) is 6.07. The first-order chi connectivity index (χ1) is 11.8. The number of nitrogens with one attached hydrogen (secondary N) is 2. The molecular formula is C18H18ClFN2O2S. The molecule has 0 spiro atoms. The number of aryl methyl sites for hydroxylation is 1. The Labute approximate surface area is 155 Å². The number of hydrogen-bond donors (Lipinski definition) is 2. The zero-order valence-corrected chi connectivity index (χ0v) is 15.4. The Hall–Kier alpha value is -2.05. The molecule has 4 nitrogen and oxygen atoms in total. The summed E-state index contributed by atoms with van der Waals surface area (Å²) in [5.74, 6) is -1.07. The van der Waals surface area contributed by atoms with Gasteiger partial charge in [-0.2, -0.15) is 0 Å². The molecule has 0 saturated heterocycles. The molecule has 0 aliphatic heterocycles. The smallest absolute Gasteiger partial charge is 0.237 e. The van der Waals surface area contributed by atoms with E-state index in [2.05, 4.69) is 10.6 Å². The fourth-order valence-corrected chi connectivity index (χ4v) is 2.78. The average molecular weight is 381 g/mol. The number of benzene rings is 2. The Bertz CT molecular complexity index is 768. The van der Waals surface area contributed by atoms with E-state index in [1.807, 2.05) is 31.2 Å². The van der Waals surface area contributed by atoms with E-state index in [0.717, 1.165) is 11.6 Å². The molecule has 0 aromatic heterocycles. The van der Waals surface area contributed by atoms with Crippen molar-refractivity contribution in [2.75, 3.05) is 16.4 Å². The zero-order chi connectivity index (χ0) is 18.4. The molecule has 2 rings (SSSR count). The van der Waals surface area contributed by atoms with Gasteiger partial charge in [0.25, 0.3) is 0 Å². The van der Waals surface area contributed by atoms with Crippen molar-refractivity contribution in [2.45, 2.75) is 19.1 Å². The van der Waals surface area contributed by atoms with E-state index in [0.29, 0.717) is 5.69 Å². The van der Waals surface area contributed by atoms with Crippen LogP contribution in [-0.2, 0) is 9.59 Å². The van der Waals surface area contributed by atoms with E-state index >= 15 is 0 Å². The predicted octanol–water partition coefficient (Wildman–Crippen LogP) is 4.49. The minimum absolute atomic E-state index is 0.0611. The molecule has 2 aromatic rings. The van der Waals surface area contributed by atoms with Gasteiger partial charge in [-0.05, 0) is 44.2 Å². The van der Waals surface area contributed by atoms with Crippen LogP contribution in [0.3, 0.4) is 0 Å². The van der Waals surface area contributed by atoms with Crippen molar-refractivity contribution in [1.82, 2.24) is 0 Å². The fourth-order valence-electron chi connectivity index (χ4n) is 1.94. The third-order valence-electron chi connectivity index (χ3n) is 3.36. The van der Waals surface area contributed by atoms with Crippen LogP contribution in [0.4, 0.5) is 15.8 Å². The number of carbonyl (C=O) groups excluding carboxylic acids is 2. The highest BCUT2D eigenvalue weighted by Crippen LogP contribution is 2.20. The first kappa shape index (κ1) is 19.3. The Balaban J connectivity index is 1.82.